The maximum absolute atomic E-state index is 8.65. The molecule has 0 aliphatic heterocycles. The molecule has 0 radical (unpaired) electrons. The van der Waals surface area contributed by atoms with Gasteiger partial charge < -0.3 is 44.7 Å². The summed E-state index contributed by atoms with van der Waals surface area (Å²) in [5.41, 5.74) is 1.53. The van der Waals surface area contributed by atoms with Crippen LogP contribution < -0.4 is 33.9 Å². The number of pyridine rings is 2. The summed E-state index contributed by atoms with van der Waals surface area (Å²) in [6, 6.07) is 11.2. The second kappa shape index (κ2) is 15.8. The van der Waals surface area contributed by atoms with Gasteiger partial charge in [0.2, 0.25) is 11.4 Å². The first-order chi connectivity index (χ1) is 12.8. The average Bonchev–Trinajstić information content (AvgIpc) is 2.67. The zero-order valence-corrected chi connectivity index (χ0v) is 16.8. The molecule has 0 fully saturated rings. The van der Waals surface area contributed by atoms with Crippen LogP contribution in [0.5, 0.6) is 0 Å². The third-order valence-electron chi connectivity index (χ3n) is 3.62. The molecule has 0 saturated heterocycles. The second-order valence-electron chi connectivity index (χ2n) is 5.46. The SMILES string of the molecule is O/N=C\c1cccc[n+]1COCCCCOC[n+]1ccccc1/C=N\O.[Cl-].[Cl-]. The fraction of sp³-hybridized carbons (Fsp3) is 0.333. The summed E-state index contributed by atoms with van der Waals surface area (Å²) in [7, 11) is 0. The number of hydrogen-bond donors (Lipinski definition) is 2. The number of aromatic nitrogens is 2. The highest BCUT2D eigenvalue weighted by Gasteiger charge is 2.08. The van der Waals surface area contributed by atoms with Gasteiger partial charge in [-0.05, 0) is 25.0 Å². The molecule has 8 nitrogen and oxygen atoms in total. The second-order valence-corrected chi connectivity index (χ2v) is 5.46. The summed E-state index contributed by atoms with van der Waals surface area (Å²) in [6.45, 7) is 2.02. The largest absolute Gasteiger partial charge is 1.00 e. The fourth-order valence-corrected chi connectivity index (χ4v) is 2.30. The van der Waals surface area contributed by atoms with Gasteiger partial charge in [0.1, 0.15) is 12.4 Å². The predicted octanol–water partition coefficient (Wildman–Crippen LogP) is -4.69. The number of hydrogen-bond acceptors (Lipinski definition) is 6. The highest BCUT2D eigenvalue weighted by atomic mass is 35.5. The van der Waals surface area contributed by atoms with E-state index in [1.54, 1.807) is 0 Å². The van der Waals surface area contributed by atoms with Crippen LogP contribution in [-0.2, 0) is 22.9 Å². The molecular weight excluding hydrogens is 407 g/mol. The van der Waals surface area contributed by atoms with Crippen LogP contribution in [0, 0.1) is 0 Å². The van der Waals surface area contributed by atoms with Crippen LogP contribution in [0.15, 0.2) is 59.1 Å². The molecule has 0 aliphatic carbocycles. The number of halogens is 2. The van der Waals surface area contributed by atoms with E-state index in [0.717, 1.165) is 24.2 Å². The van der Waals surface area contributed by atoms with Gasteiger partial charge in [-0.2, -0.15) is 9.13 Å². The number of oxime groups is 2. The first-order valence-corrected chi connectivity index (χ1v) is 8.32. The predicted molar refractivity (Wildman–Crippen MR) is 93.2 cm³/mol. The van der Waals surface area contributed by atoms with Crippen molar-refractivity contribution in [3.05, 3.63) is 60.2 Å². The molecule has 154 valence electrons. The Bertz CT molecular complexity index is 671. The maximum Gasteiger partial charge on any atom is 0.253 e. The first-order valence-electron chi connectivity index (χ1n) is 8.32. The van der Waals surface area contributed by atoms with Crippen LogP contribution in [0.1, 0.15) is 24.2 Å². The van der Waals surface area contributed by atoms with Gasteiger partial charge in [-0.1, -0.05) is 10.3 Å². The fourth-order valence-electron chi connectivity index (χ4n) is 2.30. The number of nitrogens with zero attached hydrogens (tertiary/aromatic N) is 4. The van der Waals surface area contributed by atoms with Crippen LogP contribution >= 0.6 is 0 Å². The minimum absolute atomic E-state index is 0. The van der Waals surface area contributed by atoms with E-state index in [1.165, 1.54) is 12.4 Å². The maximum atomic E-state index is 8.65. The van der Waals surface area contributed by atoms with Crippen LogP contribution in [0.4, 0.5) is 0 Å². The molecule has 0 spiro atoms. The van der Waals surface area contributed by atoms with Crippen LogP contribution in [-0.4, -0.2) is 36.1 Å². The lowest BCUT2D eigenvalue weighted by molar-refractivity contribution is -0.734. The standard InChI is InChI=1S/C18H22N4O4.2ClH/c23-19-13-17-7-1-3-9-21(17)15-25-11-5-6-12-26-16-22-10-4-2-8-18(22)14-20-24;;/h1-4,7-10,13-14H,5-6,11-12,15-16H2;2*1H. The van der Waals surface area contributed by atoms with Crippen LogP contribution in [0.2, 0.25) is 0 Å². The van der Waals surface area contributed by atoms with E-state index in [1.807, 2.05) is 57.9 Å². The van der Waals surface area contributed by atoms with Crippen molar-refractivity contribution in [2.45, 2.75) is 26.3 Å². The number of rotatable bonds is 11. The summed E-state index contributed by atoms with van der Waals surface area (Å²) in [5.74, 6) is 0. The summed E-state index contributed by atoms with van der Waals surface area (Å²) in [5, 5.41) is 23.4. The van der Waals surface area contributed by atoms with Crippen LogP contribution in [0.3, 0.4) is 0 Å². The Labute approximate surface area is 176 Å². The summed E-state index contributed by atoms with van der Waals surface area (Å²) in [4.78, 5) is 0. The van der Waals surface area contributed by atoms with Gasteiger partial charge in [-0.25, -0.2) is 0 Å². The molecule has 0 aliphatic rings. The molecule has 2 heterocycles. The molecule has 10 heteroatoms. The summed E-state index contributed by atoms with van der Waals surface area (Å²) < 4.78 is 15.0. The first kappa shape index (κ1) is 25.7. The van der Waals surface area contributed by atoms with Gasteiger partial charge in [0, 0.05) is 24.3 Å². The molecule has 0 bridgehead atoms. The number of unbranched alkanes of at least 4 members (excludes halogenated alkanes) is 1. The minimum atomic E-state index is 0. The van der Waals surface area contributed by atoms with Crippen molar-refractivity contribution in [1.82, 2.24) is 0 Å². The highest BCUT2D eigenvalue weighted by Crippen LogP contribution is 1.94. The molecule has 2 aromatic rings. The average molecular weight is 431 g/mol. The van der Waals surface area contributed by atoms with E-state index in [0.29, 0.717) is 26.7 Å². The Balaban J connectivity index is 0.00000364. The van der Waals surface area contributed by atoms with E-state index in [2.05, 4.69) is 10.3 Å². The molecule has 28 heavy (non-hydrogen) atoms. The van der Waals surface area contributed by atoms with Crippen molar-refractivity contribution in [3.8, 4) is 0 Å². The van der Waals surface area contributed by atoms with Gasteiger partial charge in [0.15, 0.2) is 12.4 Å². The van der Waals surface area contributed by atoms with Gasteiger partial charge in [0.05, 0.1) is 13.2 Å². The topological polar surface area (TPSA) is 91.4 Å². The van der Waals surface area contributed by atoms with Gasteiger partial charge in [-0.3, -0.25) is 0 Å². The molecule has 2 N–H and O–H groups in total. The minimum Gasteiger partial charge on any atom is -1.00 e. The van der Waals surface area contributed by atoms with Crippen molar-refractivity contribution in [1.29, 1.82) is 0 Å². The molecule has 2 aromatic heterocycles. The van der Waals surface area contributed by atoms with E-state index >= 15 is 0 Å². The zero-order chi connectivity index (χ0) is 18.5. The highest BCUT2D eigenvalue weighted by molar-refractivity contribution is 5.74. The third-order valence-corrected chi connectivity index (χ3v) is 3.62. The lowest BCUT2D eigenvalue weighted by Crippen LogP contribution is -3.00. The Morgan fingerprint density at radius 2 is 1.18 bits per heavy atom. The van der Waals surface area contributed by atoms with Gasteiger partial charge in [-0.15, -0.1) is 0 Å². The van der Waals surface area contributed by atoms with E-state index in [9.17, 15) is 0 Å². The molecule has 0 amide bonds. The molecule has 0 aromatic carbocycles. The van der Waals surface area contributed by atoms with E-state index < -0.39 is 0 Å². The Kier molecular flexibility index (Phi) is 14.5. The molecule has 0 unspecified atom stereocenters. The summed E-state index contributed by atoms with van der Waals surface area (Å²) >= 11 is 0. The third kappa shape index (κ3) is 9.09. The molecule has 0 saturated carbocycles. The van der Waals surface area contributed by atoms with E-state index in [4.69, 9.17) is 19.9 Å². The van der Waals surface area contributed by atoms with Crippen molar-refractivity contribution in [3.63, 3.8) is 0 Å². The van der Waals surface area contributed by atoms with Gasteiger partial charge in [0.25, 0.3) is 13.5 Å². The number of ether oxygens (including phenoxy) is 2. The molecule has 2 rings (SSSR count). The zero-order valence-electron chi connectivity index (χ0n) is 15.3. The van der Waals surface area contributed by atoms with E-state index in [-0.39, 0.29) is 24.8 Å². The van der Waals surface area contributed by atoms with Crippen molar-refractivity contribution in [2.24, 2.45) is 10.3 Å². The molecular formula is C18H24Cl2N4O4. The molecule has 0 atom stereocenters. The Morgan fingerprint density at radius 1 is 0.750 bits per heavy atom. The summed E-state index contributed by atoms with van der Waals surface area (Å²) in [6.07, 6.45) is 8.22. The van der Waals surface area contributed by atoms with Crippen LogP contribution in [0.25, 0.3) is 0 Å². The van der Waals surface area contributed by atoms with Crippen molar-refractivity contribution in [2.75, 3.05) is 13.2 Å². The lowest BCUT2D eigenvalue weighted by atomic mass is 10.3. The monoisotopic (exact) mass is 430 g/mol. The normalized spacial score (nSPS) is 10.7. The smallest absolute Gasteiger partial charge is 0.253 e. The lowest BCUT2D eigenvalue weighted by Gasteiger charge is -2.04. The van der Waals surface area contributed by atoms with Crippen molar-refractivity contribution >= 4 is 12.4 Å². The van der Waals surface area contributed by atoms with Crippen molar-refractivity contribution < 1.29 is 53.8 Å². The Morgan fingerprint density at radius 3 is 1.57 bits per heavy atom. The Hall–Kier alpha value is -2.26. The van der Waals surface area contributed by atoms with Gasteiger partial charge >= 0.3 is 0 Å². The quantitative estimate of drug-likeness (QED) is 0.123.